The Morgan fingerprint density at radius 1 is 0.600 bits per heavy atom. The summed E-state index contributed by atoms with van der Waals surface area (Å²) in [5, 5.41) is 2.50. The van der Waals surface area contributed by atoms with E-state index >= 15 is 0 Å². The van der Waals surface area contributed by atoms with E-state index in [2.05, 4.69) is 88.4 Å². The Hall–Kier alpha value is -3.39. The Morgan fingerprint density at radius 3 is 2.20 bits per heavy atom. The molecule has 5 aromatic rings. The van der Waals surface area contributed by atoms with Crippen LogP contribution in [0, 0.1) is 0 Å². The Bertz CT molecular complexity index is 1170. The van der Waals surface area contributed by atoms with Gasteiger partial charge in [0, 0.05) is 28.2 Å². The zero-order valence-electron chi connectivity index (χ0n) is 13.6. The molecule has 5 rings (SSSR count). The van der Waals surface area contributed by atoms with E-state index < -0.39 is 0 Å². The summed E-state index contributed by atoms with van der Waals surface area (Å²) in [6.07, 6.45) is 1.85. The maximum Gasteiger partial charge on any atom is 0.0708 e. The molecule has 0 unspecified atom stereocenters. The molecule has 25 heavy (non-hydrogen) atoms. The molecular weight excluding hydrogens is 304 g/mol. The zero-order valence-corrected chi connectivity index (χ0v) is 13.6. The van der Waals surface area contributed by atoms with Crippen molar-refractivity contribution in [2.75, 3.05) is 0 Å². The van der Waals surface area contributed by atoms with Crippen molar-refractivity contribution >= 4 is 21.8 Å². The van der Waals surface area contributed by atoms with Crippen molar-refractivity contribution in [2.24, 2.45) is 0 Å². The lowest BCUT2D eigenvalue weighted by molar-refractivity contribution is 1.18. The molecule has 0 saturated carbocycles. The number of fused-ring (bicyclic) bond motifs is 3. The fourth-order valence-corrected chi connectivity index (χ4v) is 3.61. The molecule has 0 amide bonds. The number of benzene rings is 3. The maximum absolute atomic E-state index is 4.58. The van der Waals surface area contributed by atoms with Crippen molar-refractivity contribution < 1.29 is 0 Å². The van der Waals surface area contributed by atoms with Crippen LogP contribution in [0.2, 0.25) is 0 Å². The first-order valence-corrected chi connectivity index (χ1v) is 8.42. The Balaban J connectivity index is 1.96. The van der Waals surface area contributed by atoms with Crippen LogP contribution in [0.25, 0.3) is 38.8 Å². The van der Waals surface area contributed by atoms with Gasteiger partial charge in [-0.05, 0) is 36.4 Å². The van der Waals surface area contributed by atoms with Crippen LogP contribution in [0.4, 0.5) is 0 Å². The summed E-state index contributed by atoms with van der Waals surface area (Å²) in [6.45, 7) is 0. The van der Waals surface area contributed by atoms with Gasteiger partial charge in [0.2, 0.25) is 0 Å². The minimum atomic E-state index is 1.00. The minimum absolute atomic E-state index is 1.00. The first-order chi connectivity index (χ1) is 12.4. The maximum atomic E-state index is 4.58. The lowest BCUT2D eigenvalue weighted by Gasteiger charge is -2.08. The molecule has 2 nitrogen and oxygen atoms in total. The van der Waals surface area contributed by atoms with Gasteiger partial charge in [-0.2, -0.15) is 0 Å². The summed E-state index contributed by atoms with van der Waals surface area (Å²) < 4.78 is 2.33. The second kappa shape index (κ2) is 5.60. The fourth-order valence-electron chi connectivity index (χ4n) is 3.61. The van der Waals surface area contributed by atoms with Gasteiger partial charge in [0.1, 0.15) is 0 Å². The standard InChI is InChI=1S/C23H16N2/c1-2-9-17(10-3-1)25-21-14-5-4-11-19(21)23-18(12-8-15-22(23)25)20-13-6-7-16-24-20/h1-16H. The molecule has 2 aromatic heterocycles. The second-order valence-corrected chi connectivity index (χ2v) is 6.10. The lowest BCUT2D eigenvalue weighted by Crippen LogP contribution is -1.93. The van der Waals surface area contributed by atoms with Crippen molar-refractivity contribution in [1.82, 2.24) is 9.55 Å². The minimum Gasteiger partial charge on any atom is -0.309 e. The van der Waals surface area contributed by atoms with E-state index in [1.807, 2.05) is 18.3 Å². The molecule has 3 aromatic carbocycles. The number of para-hydroxylation sites is 2. The highest BCUT2D eigenvalue weighted by Gasteiger charge is 2.15. The van der Waals surface area contributed by atoms with Gasteiger partial charge in [-0.15, -0.1) is 0 Å². The van der Waals surface area contributed by atoms with Crippen LogP contribution in [-0.4, -0.2) is 9.55 Å². The third-order valence-electron chi connectivity index (χ3n) is 4.65. The normalized spacial score (nSPS) is 11.2. The van der Waals surface area contributed by atoms with E-state index in [1.54, 1.807) is 0 Å². The molecule has 0 aliphatic carbocycles. The van der Waals surface area contributed by atoms with Crippen LogP contribution >= 0.6 is 0 Å². The summed E-state index contributed by atoms with van der Waals surface area (Å²) in [4.78, 5) is 4.58. The number of pyridine rings is 1. The summed E-state index contributed by atoms with van der Waals surface area (Å²) in [7, 11) is 0. The molecule has 118 valence electrons. The average molecular weight is 320 g/mol. The van der Waals surface area contributed by atoms with E-state index in [4.69, 9.17) is 0 Å². The molecular formula is C23H16N2. The molecule has 0 fully saturated rings. The van der Waals surface area contributed by atoms with Crippen molar-refractivity contribution in [2.45, 2.75) is 0 Å². The van der Waals surface area contributed by atoms with E-state index in [1.165, 1.54) is 33.1 Å². The Morgan fingerprint density at radius 2 is 1.36 bits per heavy atom. The molecule has 0 spiro atoms. The van der Waals surface area contributed by atoms with Crippen molar-refractivity contribution in [3.8, 4) is 16.9 Å². The lowest BCUT2D eigenvalue weighted by atomic mass is 10.0. The second-order valence-electron chi connectivity index (χ2n) is 6.10. The highest BCUT2D eigenvalue weighted by Crippen LogP contribution is 2.37. The van der Waals surface area contributed by atoms with Crippen LogP contribution in [0.15, 0.2) is 97.2 Å². The molecule has 0 aliphatic rings. The largest absolute Gasteiger partial charge is 0.309 e. The molecule has 2 heteroatoms. The highest BCUT2D eigenvalue weighted by molar-refractivity contribution is 6.15. The first kappa shape index (κ1) is 14.0. The van der Waals surface area contributed by atoms with Crippen LogP contribution in [-0.2, 0) is 0 Å². The van der Waals surface area contributed by atoms with Gasteiger partial charge in [-0.3, -0.25) is 4.98 Å². The molecule has 0 N–H and O–H groups in total. The topological polar surface area (TPSA) is 17.8 Å². The molecule has 2 heterocycles. The molecule has 0 radical (unpaired) electrons. The number of nitrogens with zero attached hydrogens (tertiary/aromatic N) is 2. The van der Waals surface area contributed by atoms with Gasteiger partial charge in [-0.25, -0.2) is 0 Å². The van der Waals surface area contributed by atoms with E-state index in [-0.39, 0.29) is 0 Å². The average Bonchev–Trinajstić information content (AvgIpc) is 3.04. The summed E-state index contributed by atoms with van der Waals surface area (Å²) in [6, 6.07) is 31.6. The monoisotopic (exact) mass is 320 g/mol. The smallest absolute Gasteiger partial charge is 0.0708 e. The molecule has 0 bridgehead atoms. The van der Waals surface area contributed by atoms with Crippen LogP contribution in [0.1, 0.15) is 0 Å². The fraction of sp³-hybridized carbons (Fsp3) is 0. The van der Waals surface area contributed by atoms with Gasteiger partial charge in [-0.1, -0.05) is 54.6 Å². The third-order valence-corrected chi connectivity index (χ3v) is 4.65. The van der Waals surface area contributed by atoms with Crippen molar-refractivity contribution in [1.29, 1.82) is 0 Å². The van der Waals surface area contributed by atoms with E-state index in [0.717, 1.165) is 5.69 Å². The van der Waals surface area contributed by atoms with Crippen molar-refractivity contribution in [3.05, 3.63) is 97.2 Å². The number of rotatable bonds is 2. The third kappa shape index (κ3) is 2.15. The number of aromatic nitrogens is 2. The predicted molar refractivity (Wildman–Crippen MR) is 104 cm³/mol. The molecule has 0 atom stereocenters. The number of hydrogen-bond acceptors (Lipinski definition) is 1. The summed E-state index contributed by atoms with van der Waals surface area (Å²) in [5.74, 6) is 0. The van der Waals surface area contributed by atoms with Crippen molar-refractivity contribution in [3.63, 3.8) is 0 Å². The van der Waals surface area contributed by atoms with Crippen LogP contribution in [0.5, 0.6) is 0 Å². The SMILES string of the molecule is c1ccc(-n2c3ccccc3c3c(-c4ccccn4)cccc32)cc1. The van der Waals surface area contributed by atoms with Gasteiger partial charge in [0.05, 0.1) is 16.7 Å². The Labute approximate surface area is 146 Å². The predicted octanol–water partition coefficient (Wildman–Crippen LogP) is 5.85. The van der Waals surface area contributed by atoms with Crippen LogP contribution < -0.4 is 0 Å². The quantitative estimate of drug-likeness (QED) is 0.399. The van der Waals surface area contributed by atoms with Gasteiger partial charge >= 0.3 is 0 Å². The highest BCUT2D eigenvalue weighted by atomic mass is 15.0. The Kier molecular flexibility index (Phi) is 3.14. The van der Waals surface area contributed by atoms with Crippen LogP contribution in [0.3, 0.4) is 0 Å². The van der Waals surface area contributed by atoms with Gasteiger partial charge in [0.15, 0.2) is 0 Å². The number of hydrogen-bond donors (Lipinski definition) is 0. The summed E-state index contributed by atoms with van der Waals surface area (Å²) >= 11 is 0. The van der Waals surface area contributed by atoms with Gasteiger partial charge in [0.25, 0.3) is 0 Å². The zero-order chi connectivity index (χ0) is 16.6. The van der Waals surface area contributed by atoms with Gasteiger partial charge < -0.3 is 4.57 Å². The van der Waals surface area contributed by atoms with E-state index in [9.17, 15) is 0 Å². The molecule has 0 saturated heterocycles. The molecule has 0 aliphatic heterocycles. The summed E-state index contributed by atoms with van der Waals surface area (Å²) in [5.41, 5.74) is 5.77. The van der Waals surface area contributed by atoms with E-state index in [0.29, 0.717) is 0 Å². The first-order valence-electron chi connectivity index (χ1n) is 8.42.